The van der Waals surface area contributed by atoms with Crippen molar-refractivity contribution in [1.82, 2.24) is 21.3 Å². The van der Waals surface area contributed by atoms with E-state index in [4.69, 9.17) is 14.2 Å². The van der Waals surface area contributed by atoms with E-state index in [0.29, 0.717) is 18.7 Å². The summed E-state index contributed by atoms with van der Waals surface area (Å²) in [6, 6.07) is 5.72. The van der Waals surface area contributed by atoms with Crippen LogP contribution in [0.15, 0.2) is 42.5 Å². The number of rotatable bonds is 17. The van der Waals surface area contributed by atoms with Gasteiger partial charge in [0.1, 0.15) is 24.3 Å². The van der Waals surface area contributed by atoms with E-state index < -0.39 is 60.0 Å². The van der Waals surface area contributed by atoms with Crippen molar-refractivity contribution in [3.8, 4) is 0 Å². The number of alkyl carbamates (subject to hydrolysis) is 1. The van der Waals surface area contributed by atoms with Crippen molar-refractivity contribution in [2.24, 2.45) is 5.92 Å². The van der Waals surface area contributed by atoms with E-state index in [1.807, 2.05) is 12.3 Å². The van der Waals surface area contributed by atoms with Crippen molar-refractivity contribution in [2.75, 3.05) is 25.2 Å². The molecule has 4 atom stereocenters. The molecule has 1 fully saturated rings. The maximum Gasteiger partial charge on any atom is 0.408 e. The third-order valence-electron chi connectivity index (χ3n) is 6.64. The fraction of sp³-hybridized carbons (Fsp3) is 0.562. The number of amides is 4. The number of carbonyl (C=O) groups is 6. The molecule has 0 aliphatic carbocycles. The van der Waals surface area contributed by atoms with Gasteiger partial charge in [-0.1, -0.05) is 36.4 Å². The van der Waals surface area contributed by atoms with Crippen LogP contribution >= 0.6 is 11.8 Å². The summed E-state index contributed by atoms with van der Waals surface area (Å²) in [7, 11) is 0. The summed E-state index contributed by atoms with van der Waals surface area (Å²) in [4.78, 5) is 76.6. The summed E-state index contributed by atoms with van der Waals surface area (Å²) < 4.78 is 15.6. The van der Waals surface area contributed by atoms with Gasteiger partial charge in [0, 0.05) is 24.6 Å². The zero-order valence-electron chi connectivity index (χ0n) is 27.1. The first-order valence-electron chi connectivity index (χ1n) is 15.2. The lowest BCUT2D eigenvalue weighted by Gasteiger charge is -2.26. The van der Waals surface area contributed by atoms with Crippen LogP contribution < -0.4 is 21.3 Å². The van der Waals surface area contributed by atoms with E-state index in [1.54, 1.807) is 52.0 Å². The fourth-order valence-corrected chi connectivity index (χ4v) is 4.94. The van der Waals surface area contributed by atoms with E-state index in [9.17, 15) is 28.8 Å². The lowest BCUT2D eigenvalue weighted by molar-refractivity contribution is -0.156. The quantitative estimate of drug-likeness (QED) is 0.110. The normalized spacial score (nSPS) is 16.5. The summed E-state index contributed by atoms with van der Waals surface area (Å²) in [5.74, 6) is -2.72. The molecular weight excluding hydrogens is 616 g/mol. The molecule has 46 heavy (non-hydrogen) atoms. The van der Waals surface area contributed by atoms with Crippen molar-refractivity contribution < 1.29 is 43.0 Å². The van der Waals surface area contributed by atoms with Crippen LogP contribution in [0.4, 0.5) is 4.79 Å². The van der Waals surface area contributed by atoms with Gasteiger partial charge in [-0.05, 0) is 64.5 Å². The fourth-order valence-electron chi connectivity index (χ4n) is 4.47. The van der Waals surface area contributed by atoms with Crippen LogP contribution in [0.25, 0.3) is 0 Å². The van der Waals surface area contributed by atoms with Crippen LogP contribution in [0.5, 0.6) is 0 Å². The second kappa shape index (κ2) is 19.4. The van der Waals surface area contributed by atoms with E-state index in [-0.39, 0.29) is 37.9 Å². The van der Waals surface area contributed by atoms with Crippen molar-refractivity contribution in [3.05, 3.63) is 48.0 Å². The molecule has 1 aliphatic heterocycles. The molecule has 0 radical (unpaired) electrons. The number of benzene rings is 1. The van der Waals surface area contributed by atoms with Crippen LogP contribution in [0.3, 0.4) is 0 Å². The van der Waals surface area contributed by atoms with Gasteiger partial charge in [-0.15, -0.1) is 0 Å². The molecule has 1 aliphatic rings. The predicted octanol–water partition coefficient (Wildman–Crippen LogP) is 2.38. The third-order valence-corrected chi connectivity index (χ3v) is 7.28. The van der Waals surface area contributed by atoms with Gasteiger partial charge < -0.3 is 35.5 Å². The Labute approximate surface area is 274 Å². The number of hydrogen-bond donors (Lipinski definition) is 4. The number of hydrogen-bond acceptors (Lipinski definition) is 10. The molecule has 0 bridgehead atoms. The lowest BCUT2D eigenvalue weighted by atomic mass is 9.97. The molecule has 4 amide bonds. The van der Waals surface area contributed by atoms with Gasteiger partial charge in [-0.25, -0.2) is 9.59 Å². The smallest absolute Gasteiger partial charge is 0.408 e. The number of thioether (sulfide) groups is 1. The third kappa shape index (κ3) is 14.8. The summed E-state index contributed by atoms with van der Waals surface area (Å²) >= 11 is 1.46. The maximum absolute atomic E-state index is 13.5. The zero-order valence-corrected chi connectivity index (χ0v) is 27.9. The number of carbonyl (C=O) groups excluding carboxylic acids is 6. The molecule has 14 heteroatoms. The van der Waals surface area contributed by atoms with Crippen LogP contribution in [0, 0.1) is 5.92 Å². The van der Waals surface area contributed by atoms with Gasteiger partial charge in [0.2, 0.25) is 17.7 Å². The second-order valence-electron chi connectivity index (χ2n) is 11.6. The Balaban J connectivity index is 2.21. The van der Waals surface area contributed by atoms with Crippen molar-refractivity contribution in [2.45, 2.75) is 83.7 Å². The molecule has 1 aromatic rings. The molecular formula is C32H46N4O9S. The molecule has 0 saturated carbocycles. The molecule has 13 nitrogen and oxygen atoms in total. The first-order chi connectivity index (χ1) is 21.8. The van der Waals surface area contributed by atoms with Crippen molar-refractivity contribution in [1.29, 1.82) is 0 Å². The summed E-state index contributed by atoms with van der Waals surface area (Å²) in [6.07, 6.45) is 4.07. The Morgan fingerprint density at radius 1 is 1.02 bits per heavy atom. The number of ether oxygens (including phenoxy) is 3. The van der Waals surface area contributed by atoms with E-state index in [2.05, 4.69) is 21.3 Å². The summed E-state index contributed by atoms with van der Waals surface area (Å²) in [6.45, 7) is 7.31. The lowest BCUT2D eigenvalue weighted by Crippen LogP contribution is -2.55. The SMILES string of the molecule is CCOC(=O)/C=C/[C@H](C[C@@H]1CCNC1=O)NC(=O)[C@H](CCSC)NC(=O)[C@H](CC(=O)OC(C)(C)C)NC(=O)OCc1ccccc1. The van der Waals surface area contributed by atoms with Gasteiger partial charge in [0.15, 0.2) is 0 Å². The predicted molar refractivity (Wildman–Crippen MR) is 172 cm³/mol. The Morgan fingerprint density at radius 3 is 2.33 bits per heavy atom. The molecule has 0 aromatic heterocycles. The molecule has 0 unspecified atom stereocenters. The Bertz CT molecular complexity index is 1220. The van der Waals surface area contributed by atoms with Crippen LogP contribution in [-0.2, 0) is 44.8 Å². The minimum atomic E-state index is -1.41. The van der Waals surface area contributed by atoms with Crippen LogP contribution in [0.1, 0.15) is 58.9 Å². The first-order valence-corrected chi connectivity index (χ1v) is 16.6. The highest BCUT2D eigenvalue weighted by atomic mass is 32.2. The highest BCUT2D eigenvalue weighted by Gasteiger charge is 2.32. The molecule has 4 N–H and O–H groups in total. The minimum absolute atomic E-state index is 0.0636. The van der Waals surface area contributed by atoms with Crippen molar-refractivity contribution in [3.63, 3.8) is 0 Å². The number of esters is 2. The molecule has 2 rings (SSSR count). The molecule has 1 heterocycles. The van der Waals surface area contributed by atoms with Gasteiger partial charge in [0.05, 0.1) is 13.0 Å². The highest BCUT2D eigenvalue weighted by molar-refractivity contribution is 7.98. The van der Waals surface area contributed by atoms with E-state index in [1.165, 1.54) is 23.9 Å². The van der Waals surface area contributed by atoms with E-state index in [0.717, 1.165) is 5.56 Å². The standard InChI is InChI=1S/C32H46N4O9S/c1-6-43-26(37)13-12-23(18-22-14-16-33-28(22)39)34-29(40)24(15-17-46-5)35-30(41)25(19-27(38)45-32(2,3)4)36-31(42)44-20-21-10-8-7-9-11-21/h7-13,22-25H,6,14-20H2,1-5H3,(H,33,39)(H,34,40)(H,35,41)(H,36,42)/b13-12+/t22-,23+,24-,25-/m0/s1. The van der Waals surface area contributed by atoms with Gasteiger partial charge in [0.25, 0.3) is 0 Å². The average molecular weight is 663 g/mol. The zero-order chi connectivity index (χ0) is 34.1. The summed E-state index contributed by atoms with van der Waals surface area (Å²) in [5.41, 5.74) is -0.115. The monoisotopic (exact) mass is 662 g/mol. The van der Waals surface area contributed by atoms with Gasteiger partial charge in [-0.3, -0.25) is 19.2 Å². The molecule has 0 spiro atoms. The summed E-state index contributed by atoms with van der Waals surface area (Å²) in [5, 5.41) is 10.7. The minimum Gasteiger partial charge on any atom is -0.463 e. The largest absolute Gasteiger partial charge is 0.463 e. The maximum atomic E-state index is 13.5. The molecule has 254 valence electrons. The van der Waals surface area contributed by atoms with Crippen molar-refractivity contribution >= 4 is 47.5 Å². The molecule has 1 aromatic carbocycles. The van der Waals surface area contributed by atoms with Gasteiger partial charge >= 0.3 is 18.0 Å². The molecule has 1 saturated heterocycles. The second-order valence-corrected chi connectivity index (χ2v) is 12.6. The van der Waals surface area contributed by atoms with Gasteiger partial charge in [-0.2, -0.15) is 11.8 Å². The van der Waals surface area contributed by atoms with Crippen LogP contribution in [-0.4, -0.2) is 84.6 Å². The number of nitrogens with one attached hydrogen (secondary N) is 4. The Kier molecular flexibility index (Phi) is 16.1. The average Bonchev–Trinajstić information content (AvgIpc) is 3.39. The Hall–Kier alpha value is -4.07. The first kappa shape index (κ1) is 38.1. The van der Waals surface area contributed by atoms with Crippen LogP contribution in [0.2, 0.25) is 0 Å². The highest BCUT2D eigenvalue weighted by Crippen LogP contribution is 2.17. The topological polar surface area (TPSA) is 178 Å². The Morgan fingerprint density at radius 2 is 1.72 bits per heavy atom. The van der Waals surface area contributed by atoms with E-state index >= 15 is 0 Å².